The van der Waals surface area contributed by atoms with E-state index in [0.29, 0.717) is 5.78 Å². The second kappa shape index (κ2) is 7.93. The largest absolute Gasteiger partial charge is 0.298 e. The van der Waals surface area contributed by atoms with Gasteiger partial charge in [0.05, 0.1) is 5.54 Å². The molecule has 0 bridgehead atoms. The van der Waals surface area contributed by atoms with Gasteiger partial charge in [-0.1, -0.05) is 39.0 Å². The second-order valence-corrected chi connectivity index (χ2v) is 6.19. The van der Waals surface area contributed by atoms with E-state index in [1.807, 2.05) is 0 Å². The van der Waals surface area contributed by atoms with Crippen LogP contribution in [0.2, 0.25) is 0 Å². The molecule has 1 rings (SSSR count). The number of hydrogen-bond acceptors (Lipinski definition) is 2. The van der Waals surface area contributed by atoms with E-state index in [1.54, 1.807) is 0 Å². The smallest absolute Gasteiger partial charge is 0.152 e. The second-order valence-electron chi connectivity index (χ2n) is 6.19. The van der Waals surface area contributed by atoms with E-state index in [0.717, 1.165) is 25.9 Å². The Bertz CT molecular complexity index is 241. The van der Waals surface area contributed by atoms with Crippen molar-refractivity contribution in [2.75, 3.05) is 13.1 Å². The monoisotopic (exact) mass is 253 g/mol. The van der Waals surface area contributed by atoms with E-state index in [9.17, 15) is 4.79 Å². The van der Waals surface area contributed by atoms with Crippen LogP contribution in [-0.4, -0.2) is 29.3 Å². The van der Waals surface area contributed by atoms with Crippen molar-refractivity contribution in [3.05, 3.63) is 0 Å². The first-order valence-electron chi connectivity index (χ1n) is 7.87. The molecule has 0 aliphatic carbocycles. The van der Waals surface area contributed by atoms with Crippen LogP contribution in [0.4, 0.5) is 0 Å². The van der Waals surface area contributed by atoms with Gasteiger partial charge in [0, 0.05) is 6.42 Å². The van der Waals surface area contributed by atoms with Gasteiger partial charge in [-0.25, -0.2) is 0 Å². The van der Waals surface area contributed by atoms with E-state index >= 15 is 0 Å². The topological polar surface area (TPSA) is 20.3 Å². The molecule has 0 radical (unpaired) electrons. The van der Waals surface area contributed by atoms with Crippen molar-refractivity contribution in [1.82, 2.24) is 4.90 Å². The average Bonchev–Trinajstić information content (AvgIpc) is 2.87. The molecule has 0 atom stereocenters. The number of rotatable bonds is 9. The minimum Gasteiger partial charge on any atom is -0.298 e. The summed E-state index contributed by atoms with van der Waals surface area (Å²) >= 11 is 0. The first-order chi connectivity index (χ1) is 8.59. The fourth-order valence-electron chi connectivity index (χ4n) is 2.82. The highest BCUT2D eigenvalue weighted by Gasteiger charge is 2.34. The minimum absolute atomic E-state index is 0.222. The zero-order valence-electron chi connectivity index (χ0n) is 12.6. The lowest BCUT2D eigenvalue weighted by atomic mass is 9.92. The molecule has 1 heterocycles. The Balaban J connectivity index is 2.18. The Morgan fingerprint density at radius 3 is 2.17 bits per heavy atom. The van der Waals surface area contributed by atoms with Crippen LogP contribution in [0.5, 0.6) is 0 Å². The lowest BCUT2D eigenvalue weighted by molar-refractivity contribution is -0.129. The van der Waals surface area contributed by atoms with Crippen molar-refractivity contribution in [3.63, 3.8) is 0 Å². The molecule has 1 aliphatic rings. The highest BCUT2D eigenvalue weighted by molar-refractivity contribution is 5.87. The van der Waals surface area contributed by atoms with Gasteiger partial charge in [0.2, 0.25) is 0 Å². The minimum atomic E-state index is -0.222. The van der Waals surface area contributed by atoms with Crippen molar-refractivity contribution in [1.29, 1.82) is 0 Å². The number of hydrogen-bond donors (Lipinski definition) is 0. The maximum absolute atomic E-state index is 12.3. The lowest BCUT2D eigenvalue weighted by Crippen LogP contribution is -2.48. The van der Waals surface area contributed by atoms with Crippen molar-refractivity contribution in [3.8, 4) is 0 Å². The molecule has 0 saturated carbocycles. The highest BCUT2D eigenvalue weighted by atomic mass is 16.1. The van der Waals surface area contributed by atoms with Gasteiger partial charge in [0.15, 0.2) is 5.78 Å². The molecule has 0 aromatic rings. The third-order valence-electron chi connectivity index (χ3n) is 4.34. The number of nitrogens with zero attached hydrogens (tertiary/aromatic N) is 1. The molecule has 0 aromatic heterocycles. The van der Waals surface area contributed by atoms with E-state index < -0.39 is 0 Å². The summed E-state index contributed by atoms with van der Waals surface area (Å²) in [5, 5.41) is 0. The first kappa shape index (κ1) is 15.7. The van der Waals surface area contributed by atoms with Crippen molar-refractivity contribution in [2.45, 2.75) is 84.1 Å². The molecule has 1 aliphatic heterocycles. The van der Waals surface area contributed by atoms with Crippen LogP contribution in [0.25, 0.3) is 0 Å². The summed E-state index contributed by atoms with van der Waals surface area (Å²) in [5.74, 6) is 0.444. The number of carbonyl (C=O) groups excluding carboxylic acids is 1. The summed E-state index contributed by atoms with van der Waals surface area (Å²) in [6, 6.07) is 0. The molecule has 18 heavy (non-hydrogen) atoms. The van der Waals surface area contributed by atoms with Gasteiger partial charge in [0.25, 0.3) is 0 Å². The first-order valence-corrected chi connectivity index (χ1v) is 7.87. The summed E-state index contributed by atoms with van der Waals surface area (Å²) in [7, 11) is 0. The van der Waals surface area contributed by atoms with Crippen molar-refractivity contribution >= 4 is 5.78 Å². The normalized spacial score (nSPS) is 17.3. The Kier molecular flexibility index (Phi) is 6.91. The van der Waals surface area contributed by atoms with Crippen LogP contribution in [0.3, 0.4) is 0 Å². The zero-order valence-corrected chi connectivity index (χ0v) is 12.6. The van der Waals surface area contributed by atoms with Gasteiger partial charge in [-0.3, -0.25) is 9.69 Å². The molecule has 0 spiro atoms. The van der Waals surface area contributed by atoms with Crippen LogP contribution in [0.15, 0.2) is 0 Å². The molecule has 0 aromatic carbocycles. The molecule has 2 nitrogen and oxygen atoms in total. The zero-order chi connectivity index (χ0) is 13.4. The number of likely N-dealkylation sites (tertiary alicyclic amines) is 1. The van der Waals surface area contributed by atoms with Gasteiger partial charge in [-0.15, -0.1) is 0 Å². The van der Waals surface area contributed by atoms with Gasteiger partial charge in [0.1, 0.15) is 0 Å². The predicted octanol–water partition coefficient (Wildman–Crippen LogP) is 4.18. The molecular formula is C16H31NO. The highest BCUT2D eigenvalue weighted by Crippen LogP contribution is 2.24. The Morgan fingerprint density at radius 2 is 1.56 bits per heavy atom. The third-order valence-corrected chi connectivity index (χ3v) is 4.34. The molecular weight excluding hydrogens is 222 g/mol. The Hall–Kier alpha value is -0.370. The summed E-state index contributed by atoms with van der Waals surface area (Å²) in [6.07, 6.45) is 10.9. The van der Waals surface area contributed by atoms with Crippen molar-refractivity contribution < 1.29 is 4.79 Å². The van der Waals surface area contributed by atoms with Gasteiger partial charge >= 0.3 is 0 Å². The number of unbranched alkanes of at least 4 members (excludes halogenated alkanes) is 5. The van der Waals surface area contributed by atoms with E-state index in [1.165, 1.54) is 44.9 Å². The number of carbonyl (C=O) groups is 1. The maximum Gasteiger partial charge on any atom is 0.152 e. The standard InChI is InChI=1S/C16H31NO/c1-4-5-6-7-8-9-12-15(18)16(2,3)17-13-10-11-14-17/h4-14H2,1-3H3. The predicted molar refractivity (Wildman–Crippen MR) is 77.9 cm³/mol. The average molecular weight is 253 g/mol. The van der Waals surface area contributed by atoms with Gasteiger partial charge in [-0.05, 0) is 46.2 Å². The van der Waals surface area contributed by atoms with Crippen LogP contribution in [-0.2, 0) is 4.79 Å². The molecule has 1 fully saturated rings. The Labute approximate surface area is 113 Å². The molecule has 0 unspecified atom stereocenters. The van der Waals surface area contributed by atoms with Gasteiger partial charge < -0.3 is 0 Å². The summed E-state index contributed by atoms with van der Waals surface area (Å²) in [6.45, 7) is 8.67. The lowest BCUT2D eigenvalue weighted by Gasteiger charge is -2.34. The molecule has 0 N–H and O–H groups in total. The maximum atomic E-state index is 12.3. The van der Waals surface area contributed by atoms with E-state index in [-0.39, 0.29) is 5.54 Å². The molecule has 2 heteroatoms. The third kappa shape index (κ3) is 4.72. The van der Waals surface area contributed by atoms with Crippen LogP contribution < -0.4 is 0 Å². The van der Waals surface area contributed by atoms with Crippen LogP contribution in [0, 0.1) is 0 Å². The van der Waals surface area contributed by atoms with Crippen molar-refractivity contribution in [2.24, 2.45) is 0 Å². The summed E-state index contributed by atoms with van der Waals surface area (Å²) in [4.78, 5) is 14.7. The Morgan fingerprint density at radius 1 is 1.00 bits per heavy atom. The van der Waals surface area contributed by atoms with Crippen LogP contribution >= 0.6 is 0 Å². The SMILES string of the molecule is CCCCCCCCC(=O)C(C)(C)N1CCCC1. The number of ketones is 1. The molecule has 0 amide bonds. The number of Topliss-reactive ketones (excluding diaryl/α,β-unsaturated/α-hetero) is 1. The van der Waals surface area contributed by atoms with Crippen LogP contribution in [0.1, 0.15) is 78.6 Å². The quantitative estimate of drug-likeness (QED) is 0.575. The van der Waals surface area contributed by atoms with E-state index in [2.05, 4.69) is 25.7 Å². The summed E-state index contributed by atoms with van der Waals surface area (Å²) < 4.78 is 0. The molecule has 1 saturated heterocycles. The fourth-order valence-corrected chi connectivity index (χ4v) is 2.82. The van der Waals surface area contributed by atoms with E-state index in [4.69, 9.17) is 0 Å². The summed E-state index contributed by atoms with van der Waals surface area (Å²) in [5.41, 5.74) is -0.222. The van der Waals surface area contributed by atoms with Gasteiger partial charge in [-0.2, -0.15) is 0 Å². The fraction of sp³-hybridized carbons (Fsp3) is 0.938. The molecule has 106 valence electrons.